The van der Waals surface area contributed by atoms with Gasteiger partial charge in [-0.1, -0.05) is 6.07 Å². The summed E-state index contributed by atoms with van der Waals surface area (Å²) in [6.07, 6.45) is 1.52. The molecule has 0 amide bonds. The molecule has 0 aliphatic carbocycles. The lowest BCUT2D eigenvalue weighted by molar-refractivity contribution is 0.171. The van der Waals surface area contributed by atoms with Gasteiger partial charge in [-0.05, 0) is 48.7 Å². The Hall–Kier alpha value is -2.78. The van der Waals surface area contributed by atoms with Crippen molar-refractivity contribution >= 4 is 21.1 Å². The SMILES string of the molecule is O=c1[nH]c2ccc(S(=O)(=O)N3CCC[C@H]3c3ccc4c(c3)OCCO4)cc2[nH]1. The topological polar surface area (TPSA) is 104 Å². The summed E-state index contributed by atoms with van der Waals surface area (Å²) in [4.78, 5) is 16.9. The van der Waals surface area contributed by atoms with Gasteiger partial charge in [0.15, 0.2) is 11.5 Å². The van der Waals surface area contributed by atoms with Gasteiger partial charge in [-0.25, -0.2) is 13.2 Å². The van der Waals surface area contributed by atoms with Crippen molar-refractivity contribution in [1.29, 1.82) is 0 Å². The molecule has 8 nitrogen and oxygen atoms in total. The normalized spacial score (nSPS) is 19.9. The zero-order chi connectivity index (χ0) is 19.3. The standard InChI is InChI=1S/C19H19N3O5S/c23-19-20-14-5-4-13(11-15(14)21-19)28(24,25)22-7-1-2-16(22)12-3-6-17-18(10-12)27-9-8-26-17/h3-6,10-11,16H,1-2,7-9H2,(H2,20,21,23)/t16-/m0/s1. The van der Waals surface area contributed by atoms with E-state index in [2.05, 4.69) is 9.97 Å². The minimum Gasteiger partial charge on any atom is -0.486 e. The van der Waals surface area contributed by atoms with Gasteiger partial charge in [-0.15, -0.1) is 0 Å². The van der Waals surface area contributed by atoms with Gasteiger partial charge in [0.05, 0.1) is 22.0 Å². The first-order valence-electron chi connectivity index (χ1n) is 9.16. The van der Waals surface area contributed by atoms with Gasteiger partial charge in [-0.3, -0.25) is 0 Å². The summed E-state index contributed by atoms with van der Waals surface area (Å²) in [6.45, 7) is 1.45. The van der Waals surface area contributed by atoms with Gasteiger partial charge in [-0.2, -0.15) is 4.31 Å². The van der Waals surface area contributed by atoms with Crippen LogP contribution in [0.25, 0.3) is 11.0 Å². The van der Waals surface area contributed by atoms with Gasteiger partial charge in [0.1, 0.15) is 13.2 Å². The summed E-state index contributed by atoms with van der Waals surface area (Å²) in [5.74, 6) is 1.34. The highest BCUT2D eigenvalue weighted by Gasteiger charge is 2.36. The number of fused-ring (bicyclic) bond motifs is 2. The summed E-state index contributed by atoms with van der Waals surface area (Å²) >= 11 is 0. The molecule has 3 heterocycles. The highest BCUT2D eigenvalue weighted by Crippen LogP contribution is 2.40. The molecule has 0 spiro atoms. The first kappa shape index (κ1) is 17.3. The summed E-state index contributed by atoms with van der Waals surface area (Å²) in [5, 5.41) is 0. The summed E-state index contributed by atoms with van der Waals surface area (Å²) < 4.78 is 39.4. The second kappa shape index (κ2) is 6.39. The average Bonchev–Trinajstić information content (AvgIpc) is 3.33. The Bertz CT molecular complexity index is 1210. The quantitative estimate of drug-likeness (QED) is 0.700. The second-order valence-electron chi connectivity index (χ2n) is 6.96. The molecular formula is C19H19N3O5S. The van der Waals surface area contributed by atoms with E-state index in [-0.39, 0.29) is 16.6 Å². The first-order chi connectivity index (χ1) is 13.5. The molecule has 28 heavy (non-hydrogen) atoms. The molecule has 1 saturated heterocycles. The molecule has 2 aliphatic heterocycles. The van der Waals surface area contributed by atoms with Crippen LogP contribution >= 0.6 is 0 Å². The Morgan fingerprint density at radius 3 is 2.61 bits per heavy atom. The van der Waals surface area contributed by atoms with E-state index >= 15 is 0 Å². The number of nitrogens with zero attached hydrogens (tertiary/aromatic N) is 1. The number of sulfonamides is 1. The molecule has 3 aromatic rings. The number of ether oxygens (including phenoxy) is 2. The lowest BCUT2D eigenvalue weighted by atomic mass is 10.0. The number of hydrogen-bond acceptors (Lipinski definition) is 5. The Morgan fingerprint density at radius 1 is 0.964 bits per heavy atom. The van der Waals surface area contributed by atoms with Gasteiger partial charge in [0.2, 0.25) is 10.0 Å². The Balaban J connectivity index is 1.52. The van der Waals surface area contributed by atoms with Crippen molar-refractivity contribution in [3.63, 3.8) is 0 Å². The molecule has 1 atom stereocenters. The number of hydrogen-bond donors (Lipinski definition) is 2. The van der Waals surface area contributed by atoms with Crippen molar-refractivity contribution in [2.24, 2.45) is 0 Å². The predicted octanol–water partition coefficient (Wildman–Crippen LogP) is 2.15. The monoisotopic (exact) mass is 401 g/mol. The lowest BCUT2D eigenvalue weighted by Crippen LogP contribution is -2.30. The molecule has 2 aliphatic rings. The van der Waals surface area contributed by atoms with E-state index in [1.165, 1.54) is 16.4 Å². The van der Waals surface area contributed by atoms with E-state index in [9.17, 15) is 13.2 Å². The highest BCUT2D eigenvalue weighted by atomic mass is 32.2. The van der Waals surface area contributed by atoms with E-state index < -0.39 is 10.0 Å². The highest BCUT2D eigenvalue weighted by molar-refractivity contribution is 7.89. The van der Waals surface area contributed by atoms with Gasteiger partial charge < -0.3 is 19.4 Å². The van der Waals surface area contributed by atoms with E-state index in [0.29, 0.717) is 42.3 Å². The van der Waals surface area contributed by atoms with Crippen LogP contribution in [0.4, 0.5) is 0 Å². The van der Waals surface area contributed by atoms with Crippen molar-refractivity contribution in [3.05, 3.63) is 52.4 Å². The number of imidazole rings is 1. The maximum Gasteiger partial charge on any atom is 0.323 e. The number of rotatable bonds is 3. The predicted molar refractivity (Wildman–Crippen MR) is 102 cm³/mol. The lowest BCUT2D eigenvalue weighted by Gasteiger charge is -2.26. The van der Waals surface area contributed by atoms with Crippen LogP contribution in [0.15, 0.2) is 46.1 Å². The number of nitrogens with one attached hydrogen (secondary N) is 2. The molecular weight excluding hydrogens is 382 g/mol. The van der Waals surface area contributed by atoms with Crippen molar-refractivity contribution in [1.82, 2.24) is 14.3 Å². The number of aromatic amines is 2. The number of benzene rings is 2. The van der Waals surface area contributed by atoms with Gasteiger partial charge >= 0.3 is 5.69 Å². The maximum atomic E-state index is 13.3. The molecule has 0 unspecified atom stereocenters. The van der Waals surface area contributed by atoms with Crippen LogP contribution in [0.1, 0.15) is 24.4 Å². The first-order valence-corrected chi connectivity index (χ1v) is 10.6. The fourth-order valence-electron chi connectivity index (χ4n) is 3.94. The minimum absolute atomic E-state index is 0.166. The maximum absolute atomic E-state index is 13.3. The van der Waals surface area contributed by atoms with Gasteiger partial charge in [0.25, 0.3) is 0 Å². The molecule has 9 heteroatoms. The molecule has 1 aromatic heterocycles. The fourth-order valence-corrected chi connectivity index (χ4v) is 5.64. The molecule has 146 valence electrons. The molecule has 0 bridgehead atoms. The van der Waals surface area contributed by atoms with E-state index in [1.54, 1.807) is 6.07 Å². The molecule has 0 saturated carbocycles. The second-order valence-corrected chi connectivity index (χ2v) is 8.85. The summed E-state index contributed by atoms with van der Waals surface area (Å²) in [6, 6.07) is 9.99. The molecule has 1 fully saturated rings. The van der Waals surface area contributed by atoms with Crippen LogP contribution in [0.2, 0.25) is 0 Å². The Morgan fingerprint density at radius 2 is 1.75 bits per heavy atom. The summed E-state index contributed by atoms with van der Waals surface area (Å²) in [5.41, 5.74) is 1.58. The smallest absolute Gasteiger partial charge is 0.323 e. The van der Waals surface area contributed by atoms with Crippen LogP contribution in [-0.4, -0.2) is 42.4 Å². The number of H-pyrrole nitrogens is 2. The molecule has 2 N–H and O–H groups in total. The molecule has 2 aromatic carbocycles. The van der Waals surface area contributed by atoms with Crippen LogP contribution in [-0.2, 0) is 10.0 Å². The summed E-state index contributed by atoms with van der Waals surface area (Å²) in [7, 11) is -3.71. The fraction of sp³-hybridized carbons (Fsp3) is 0.316. The van der Waals surface area contributed by atoms with Crippen molar-refractivity contribution in [3.8, 4) is 11.5 Å². The van der Waals surface area contributed by atoms with Crippen LogP contribution < -0.4 is 15.2 Å². The largest absolute Gasteiger partial charge is 0.486 e. The third kappa shape index (κ3) is 2.78. The Kier molecular flexibility index (Phi) is 3.95. The van der Waals surface area contributed by atoms with Crippen LogP contribution in [0.5, 0.6) is 11.5 Å². The van der Waals surface area contributed by atoms with E-state index in [0.717, 1.165) is 18.4 Å². The van der Waals surface area contributed by atoms with Gasteiger partial charge in [0, 0.05) is 6.54 Å². The average molecular weight is 401 g/mol. The molecule has 0 radical (unpaired) electrons. The van der Waals surface area contributed by atoms with Crippen molar-refractivity contribution in [2.45, 2.75) is 23.8 Å². The molecule has 5 rings (SSSR count). The Labute approximate surface area is 161 Å². The van der Waals surface area contributed by atoms with E-state index in [1.807, 2.05) is 18.2 Å². The van der Waals surface area contributed by atoms with Crippen molar-refractivity contribution < 1.29 is 17.9 Å². The number of aromatic nitrogens is 2. The zero-order valence-corrected chi connectivity index (χ0v) is 15.8. The van der Waals surface area contributed by atoms with Crippen molar-refractivity contribution in [2.75, 3.05) is 19.8 Å². The van der Waals surface area contributed by atoms with Crippen LogP contribution in [0.3, 0.4) is 0 Å². The third-order valence-electron chi connectivity index (χ3n) is 5.25. The zero-order valence-electron chi connectivity index (χ0n) is 15.0. The van der Waals surface area contributed by atoms with Crippen LogP contribution in [0, 0.1) is 0 Å². The minimum atomic E-state index is -3.71. The van der Waals surface area contributed by atoms with E-state index in [4.69, 9.17) is 9.47 Å². The third-order valence-corrected chi connectivity index (χ3v) is 7.15.